The topological polar surface area (TPSA) is 68.6 Å². The van der Waals surface area contributed by atoms with Crippen molar-refractivity contribution in [3.8, 4) is 11.5 Å². The molecule has 10 heteroatoms. The molecule has 4 atom stereocenters. The summed E-state index contributed by atoms with van der Waals surface area (Å²) in [4.78, 5) is 0. The Morgan fingerprint density at radius 2 is 0.661 bits per heavy atom. The monoisotopic (exact) mass is 881 g/mol. The van der Waals surface area contributed by atoms with Crippen molar-refractivity contribution in [3.05, 3.63) is 35.4 Å². The SMILES string of the molecule is COc1c([Si](C)(C)CCCCC2CO2)cc(C(C)(C)c2cc([Si](C)(C)CCCCC3CO3)c(OC)c([Si](C)(C)CCCCC3CO3)c2)cc1[Si](C)(C)CCCCC1CO1. The van der Waals surface area contributed by atoms with Crippen LogP contribution >= 0.6 is 0 Å². The molecule has 4 unspecified atom stereocenters. The lowest BCUT2D eigenvalue weighted by Crippen LogP contribution is -2.51. The smallest absolute Gasteiger partial charge is 0.117 e. The zero-order valence-electron chi connectivity index (χ0n) is 39.7. The number of epoxide rings is 4. The molecule has 4 fully saturated rings. The Bertz CT molecular complexity index is 1460. The van der Waals surface area contributed by atoms with E-state index in [-0.39, 0.29) is 5.41 Å². The minimum Gasteiger partial charge on any atom is -0.497 e. The minimum absolute atomic E-state index is 0.200. The average Bonchev–Trinajstić information content (AvgIpc) is 3.99. The maximum atomic E-state index is 6.63. The van der Waals surface area contributed by atoms with Gasteiger partial charge < -0.3 is 28.4 Å². The molecule has 6 nitrogen and oxygen atoms in total. The van der Waals surface area contributed by atoms with Gasteiger partial charge in [-0.05, 0) is 57.6 Å². The van der Waals surface area contributed by atoms with E-state index in [9.17, 15) is 0 Å². The van der Waals surface area contributed by atoms with Crippen LogP contribution in [0.3, 0.4) is 0 Å². The van der Waals surface area contributed by atoms with E-state index >= 15 is 0 Å². The average molecular weight is 882 g/mol. The Hall–Kier alpha value is -1.25. The zero-order chi connectivity index (χ0) is 42.6. The highest BCUT2D eigenvalue weighted by Crippen LogP contribution is 2.37. The predicted octanol–water partition coefficient (Wildman–Crippen LogP) is 9.97. The summed E-state index contributed by atoms with van der Waals surface area (Å²) in [5.41, 5.74) is 2.74. The molecule has 6 rings (SSSR count). The molecular weight excluding hydrogens is 797 g/mol. The highest BCUT2D eigenvalue weighted by Gasteiger charge is 2.40. The van der Waals surface area contributed by atoms with E-state index in [4.69, 9.17) is 28.4 Å². The molecule has 332 valence electrons. The van der Waals surface area contributed by atoms with E-state index in [0.717, 1.165) is 26.4 Å². The lowest BCUT2D eigenvalue weighted by atomic mass is 9.78. The summed E-state index contributed by atoms with van der Waals surface area (Å²) in [5.74, 6) is 2.45. The van der Waals surface area contributed by atoms with Gasteiger partial charge in [0.2, 0.25) is 0 Å². The van der Waals surface area contributed by atoms with E-state index in [1.165, 1.54) is 145 Å². The molecule has 2 aromatic rings. The van der Waals surface area contributed by atoms with E-state index in [0.29, 0.717) is 24.4 Å². The second-order valence-electron chi connectivity index (χ2n) is 22.2. The molecule has 0 radical (unpaired) electrons. The number of methoxy groups -OCH3 is 2. The van der Waals surface area contributed by atoms with Crippen molar-refractivity contribution < 1.29 is 28.4 Å². The predicted molar refractivity (Wildman–Crippen MR) is 260 cm³/mol. The van der Waals surface area contributed by atoms with Crippen LogP contribution in [0.5, 0.6) is 11.5 Å². The third-order valence-corrected chi connectivity index (χ3v) is 28.6. The van der Waals surface area contributed by atoms with Gasteiger partial charge in [0, 0.05) is 5.41 Å². The summed E-state index contributed by atoms with van der Waals surface area (Å²) >= 11 is 0. The lowest BCUT2D eigenvalue weighted by molar-refractivity contribution is 0.390. The van der Waals surface area contributed by atoms with Crippen LogP contribution in [-0.2, 0) is 24.4 Å². The van der Waals surface area contributed by atoms with Gasteiger partial charge in [0.15, 0.2) is 0 Å². The van der Waals surface area contributed by atoms with E-state index in [1.807, 2.05) is 14.2 Å². The number of benzene rings is 2. The number of hydrogen-bond acceptors (Lipinski definition) is 6. The fraction of sp³-hybridized carbons (Fsp3) is 0.755. The van der Waals surface area contributed by atoms with Gasteiger partial charge in [-0.1, -0.05) is 166 Å². The number of rotatable bonds is 28. The van der Waals surface area contributed by atoms with Crippen LogP contribution in [0.2, 0.25) is 76.6 Å². The summed E-state index contributed by atoms with van der Waals surface area (Å²) in [6, 6.07) is 15.7. The van der Waals surface area contributed by atoms with Crippen LogP contribution in [0.4, 0.5) is 0 Å². The highest BCUT2D eigenvalue weighted by atomic mass is 28.3. The second-order valence-corrected chi connectivity index (χ2v) is 41.4. The first kappa shape index (κ1) is 47.2. The molecule has 0 amide bonds. The molecule has 4 aliphatic heterocycles. The molecule has 2 aromatic carbocycles. The molecule has 0 aliphatic carbocycles. The Morgan fingerprint density at radius 1 is 0.441 bits per heavy atom. The summed E-state index contributed by atoms with van der Waals surface area (Å²) < 4.78 is 35.6. The van der Waals surface area contributed by atoms with Crippen molar-refractivity contribution in [1.29, 1.82) is 0 Å². The van der Waals surface area contributed by atoms with Crippen LogP contribution in [0.15, 0.2) is 24.3 Å². The van der Waals surface area contributed by atoms with Crippen molar-refractivity contribution in [2.45, 2.75) is 197 Å². The third kappa shape index (κ3) is 12.9. The first-order valence-corrected chi connectivity index (χ1v) is 36.6. The molecule has 4 heterocycles. The zero-order valence-corrected chi connectivity index (χ0v) is 43.7. The van der Waals surface area contributed by atoms with Gasteiger partial charge in [0.1, 0.15) is 11.5 Å². The van der Waals surface area contributed by atoms with Gasteiger partial charge in [-0.2, -0.15) is 0 Å². The molecule has 0 N–H and O–H groups in total. The molecule has 59 heavy (non-hydrogen) atoms. The molecule has 0 bridgehead atoms. The third-order valence-electron chi connectivity index (χ3n) is 14.9. The molecule has 0 spiro atoms. The molecule has 4 saturated heterocycles. The first-order chi connectivity index (χ1) is 27.9. The van der Waals surface area contributed by atoms with Gasteiger partial charge in [0.25, 0.3) is 0 Å². The number of hydrogen-bond donors (Lipinski definition) is 0. The highest BCUT2D eigenvalue weighted by molar-refractivity contribution is 6.94. The lowest BCUT2D eigenvalue weighted by Gasteiger charge is -2.37. The largest absolute Gasteiger partial charge is 0.497 e. The van der Waals surface area contributed by atoms with Crippen molar-refractivity contribution in [2.75, 3.05) is 40.6 Å². The second kappa shape index (κ2) is 19.6. The molecule has 0 aromatic heterocycles. The summed E-state index contributed by atoms with van der Waals surface area (Å²) in [6.45, 7) is 29.8. The van der Waals surface area contributed by atoms with Crippen LogP contribution in [0.25, 0.3) is 0 Å². The van der Waals surface area contributed by atoms with Crippen LogP contribution in [0.1, 0.15) is 102 Å². The Kier molecular flexibility index (Phi) is 15.7. The van der Waals surface area contributed by atoms with Gasteiger partial charge in [-0.3, -0.25) is 0 Å². The van der Waals surface area contributed by atoms with Gasteiger partial charge in [0.05, 0.1) is 97.4 Å². The van der Waals surface area contributed by atoms with Crippen molar-refractivity contribution in [1.82, 2.24) is 0 Å². The van der Waals surface area contributed by atoms with Crippen LogP contribution in [-0.4, -0.2) is 97.4 Å². The van der Waals surface area contributed by atoms with Crippen LogP contribution in [0, 0.1) is 0 Å². The van der Waals surface area contributed by atoms with Gasteiger partial charge in [-0.15, -0.1) is 0 Å². The van der Waals surface area contributed by atoms with E-state index in [2.05, 4.69) is 90.5 Å². The number of unbranched alkanes of at least 4 members (excludes halogenated alkanes) is 4. The Labute approximate surface area is 364 Å². The fourth-order valence-electron chi connectivity index (χ4n) is 9.83. The van der Waals surface area contributed by atoms with Gasteiger partial charge in [-0.25, -0.2) is 0 Å². The summed E-state index contributed by atoms with van der Waals surface area (Å²) in [6.07, 6.45) is 17.0. The number of ether oxygens (including phenoxy) is 6. The molecular formula is C49H84O6Si4. The van der Waals surface area contributed by atoms with Gasteiger partial charge >= 0.3 is 0 Å². The van der Waals surface area contributed by atoms with E-state index < -0.39 is 32.3 Å². The van der Waals surface area contributed by atoms with Crippen molar-refractivity contribution in [2.24, 2.45) is 0 Å². The van der Waals surface area contributed by atoms with Crippen molar-refractivity contribution >= 4 is 53.0 Å². The molecule has 0 saturated carbocycles. The maximum absolute atomic E-state index is 6.63. The maximum Gasteiger partial charge on any atom is 0.117 e. The Balaban J connectivity index is 1.41. The fourth-order valence-corrected chi connectivity index (χ4v) is 21.3. The Morgan fingerprint density at radius 3 is 0.847 bits per heavy atom. The molecule has 4 aliphatic rings. The first-order valence-electron chi connectivity index (χ1n) is 23.8. The minimum atomic E-state index is -1.89. The standard InChI is InChI=1S/C49H84O6Si4/c1-49(2,37-29-43(56(5,6)25-17-13-21-39-33-52-39)47(50-3)44(30-37)57(7,8)26-18-14-22-40-34-53-40)38-31-45(58(9,10)27-19-15-23-41-35-54-41)48(51-4)46(32-38)59(11,12)28-20-16-24-42-36-55-42/h29-32,39-42H,13-28,33-36H2,1-12H3. The normalized spacial score (nSPS) is 21.8. The summed E-state index contributed by atoms with van der Waals surface area (Å²) in [5, 5.41) is 6.14. The van der Waals surface area contributed by atoms with Crippen LogP contribution < -0.4 is 30.2 Å². The van der Waals surface area contributed by atoms with Crippen molar-refractivity contribution in [3.63, 3.8) is 0 Å². The van der Waals surface area contributed by atoms with E-state index in [1.54, 1.807) is 0 Å². The quantitative estimate of drug-likeness (QED) is 0.0482. The summed E-state index contributed by atoms with van der Waals surface area (Å²) in [7, 11) is -3.65.